The Bertz CT molecular complexity index is 777. The summed E-state index contributed by atoms with van der Waals surface area (Å²) in [6.07, 6.45) is 3.48. The first-order valence-corrected chi connectivity index (χ1v) is 9.52. The summed E-state index contributed by atoms with van der Waals surface area (Å²) >= 11 is 0. The van der Waals surface area contributed by atoms with Crippen LogP contribution in [0.2, 0.25) is 0 Å². The Kier molecular flexibility index (Phi) is 6.80. The first kappa shape index (κ1) is 19.3. The summed E-state index contributed by atoms with van der Waals surface area (Å²) in [6.45, 7) is 8.21. The molecule has 3 rings (SSSR count). The molecule has 142 valence electrons. The zero-order valence-electron chi connectivity index (χ0n) is 16.2. The number of aryl methyl sites for hydroxylation is 2. The molecule has 0 aromatic heterocycles. The molecule has 4 nitrogen and oxygen atoms in total. The maximum absolute atomic E-state index is 12.6. The summed E-state index contributed by atoms with van der Waals surface area (Å²) in [7, 11) is 0. The van der Waals surface area contributed by atoms with E-state index in [0.29, 0.717) is 0 Å². The van der Waals surface area contributed by atoms with Gasteiger partial charge in [0.1, 0.15) is 0 Å². The van der Waals surface area contributed by atoms with Crippen LogP contribution in [0.4, 0.5) is 0 Å². The van der Waals surface area contributed by atoms with Crippen molar-refractivity contribution in [3.8, 4) is 0 Å². The second kappa shape index (κ2) is 9.49. The summed E-state index contributed by atoms with van der Waals surface area (Å²) in [4.78, 5) is 14.9. The average molecular weight is 364 g/mol. The lowest BCUT2D eigenvalue weighted by Crippen LogP contribution is -2.42. The third-order valence-corrected chi connectivity index (χ3v) is 4.81. The fraction of sp³-hybridized carbons (Fsp3) is 0.348. The molecule has 0 bridgehead atoms. The molecule has 2 aromatic rings. The summed E-state index contributed by atoms with van der Waals surface area (Å²) in [6, 6.07) is 16.5. The van der Waals surface area contributed by atoms with Crippen molar-refractivity contribution in [3.05, 3.63) is 76.9 Å². The van der Waals surface area contributed by atoms with Gasteiger partial charge in [0, 0.05) is 25.7 Å². The lowest BCUT2D eigenvalue weighted by atomic mass is 10.0. The Morgan fingerprint density at radius 1 is 1.11 bits per heavy atom. The Labute approximate surface area is 161 Å². The van der Waals surface area contributed by atoms with E-state index in [0.717, 1.165) is 44.0 Å². The second-order valence-corrected chi connectivity index (χ2v) is 7.13. The SMILES string of the molecule is Cc1ccc(C(CN2CCOCC2)NC(=O)/C=C/c2cccc(C)c2)cc1. The fourth-order valence-electron chi connectivity index (χ4n) is 3.24. The number of rotatable bonds is 6. The minimum atomic E-state index is -0.0738. The van der Waals surface area contributed by atoms with Gasteiger partial charge in [0.15, 0.2) is 0 Å². The maximum atomic E-state index is 12.6. The second-order valence-electron chi connectivity index (χ2n) is 7.13. The van der Waals surface area contributed by atoms with Crippen LogP contribution in [0.3, 0.4) is 0 Å². The molecular formula is C23H28N2O2. The summed E-state index contributed by atoms with van der Waals surface area (Å²) < 4.78 is 5.44. The van der Waals surface area contributed by atoms with E-state index in [1.807, 2.05) is 31.2 Å². The van der Waals surface area contributed by atoms with Gasteiger partial charge in [-0.3, -0.25) is 9.69 Å². The number of carbonyl (C=O) groups is 1. The molecule has 4 heteroatoms. The van der Waals surface area contributed by atoms with Crippen LogP contribution in [-0.4, -0.2) is 43.7 Å². The number of morpholine rings is 1. The van der Waals surface area contributed by atoms with E-state index in [2.05, 4.69) is 47.5 Å². The highest BCUT2D eigenvalue weighted by Crippen LogP contribution is 2.17. The summed E-state index contributed by atoms with van der Waals surface area (Å²) in [5, 5.41) is 3.18. The first-order chi connectivity index (χ1) is 13.1. The molecule has 1 amide bonds. The fourth-order valence-corrected chi connectivity index (χ4v) is 3.24. The van der Waals surface area contributed by atoms with Crippen molar-refractivity contribution < 1.29 is 9.53 Å². The molecule has 0 radical (unpaired) electrons. The Morgan fingerprint density at radius 2 is 1.85 bits per heavy atom. The number of carbonyl (C=O) groups excluding carboxylic acids is 1. The number of benzene rings is 2. The van der Waals surface area contributed by atoms with Crippen LogP contribution in [0.25, 0.3) is 6.08 Å². The molecule has 0 saturated carbocycles. The molecule has 2 aromatic carbocycles. The molecular weight excluding hydrogens is 336 g/mol. The van der Waals surface area contributed by atoms with Gasteiger partial charge < -0.3 is 10.1 Å². The number of nitrogens with zero attached hydrogens (tertiary/aromatic N) is 1. The van der Waals surface area contributed by atoms with Crippen LogP contribution >= 0.6 is 0 Å². The first-order valence-electron chi connectivity index (χ1n) is 9.52. The molecule has 0 spiro atoms. The zero-order valence-corrected chi connectivity index (χ0v) is 16.2. The van der Waals surface area contributed by atoms with Gasteiger partial charge >= 0.3 is 0 Å². The quantitative estimate of drug-likeness (QED) is 0.798. The molecule has 27 heavy (non-hydrogen) atoms. The molecule has 1 N–H and O–H groups in total. The van der Waals surface area contributed by atoms with E-state index in [1.165, 1.54) is 11.1 Å². The van der Waals surface area contributed by atoms with Crippen LogP contribution < -0.4 is 5.32 Å². The normalized spacial score (nSPS) is 16.4. The average Bonchev–Trinajstić information content (AvgIpc) is 2.67. The van der Waals surface area contributed by atoms with Gasteiger partial charge in [0.05, 0.1) is 19.3 Å². The summed E-state index contributed by atoms with van der Waals surface area (Å²) in [5.74, 6) is -0.0738. The highest BCUT2D eigenvalue weighted by Gasteiger charge is 2.19. The van der Waals surface area contributed by atoms with Crippen LogP contribution in [0.1, 0.15) is 28.3 Å². The maximum Gasteiger partial charge on any atom is 0.244 e. The molecule has 1 aliphatic rings. The van der Waals surface area contributed by atoms with Crippen molar-refractivity contribution in [3.63, 3.8) is 0 Å². The molecule has 1 aliphatic heterocycles. The van der Waals surface area contributed by atoms with E-state index in [1.54, 1.807) is 6.08 Å². The van der Waals surface area contributed by atoms with Crippen molar-refractivity contribution in [2.45, 2.75) is 19.9 Å². The topological polar surface area (TPSA) is 41.6 Å². The van der Waals surface area contributed by atoms with Gasteiger partial charge in [-0.05, 0) is 31.1 Å². The monoisotopic (exact) mass is 364 g/mol. The smallest absolute Gasteiger partial charge is 0.244 e. The Balaban J connectivity index is 1.69. The number of hydrogen-bond donors (Lipinski definition) is 1. The van der Waals surface area contributed by atoms with E-state index in [9.17, 15) is 4.79 Å². The lowest BCUT2D eigenvalue weighted by molar-refractivity contribution is -0.117. The van der Waals surface area contributed by atoms with Gasteiger partial charge in [-0.1, -0.05) is 59.7 Å². The van der Waals surface area contributed by atoms with Crippen LogP contribution in [0.15, 0.2) is 54.6 Å². The Morgan fingerprint density at radius 3 is 2.56 bits per heavy atom. The molecule has 1 fully saturated rings. The number of nitrogens with one attached hydrogen (secondary N) is 1. The molecule has 1 atom stereocenters. The van der Waals surface area contributed by atoms with Crippen LogP contribution in [0, 0.1) is 13.8 Å². The van der Waals surface area contributed by atoms with Gasteiger partial charge in [-0.25, -0.2) is 0 Å². The predicted octanol–water partition coefficient (Wildman–Crippen LogP) is 3.51. The van der Waals surface area contributed by atoms with Gasteiger partial charge in [0.25, 0.3) is 0 Å². The van der Waals surface area contributed by atoms with Gasteiger partial charge in [-0.2, -0.15) is 0 Å². The van der Waals surface area contributed by atoms with Crippen LogP contribution in [0.5, 0.6) is 0 Å². The van der Waals surface area contributed by atoms with Crippen LogP contribution in [-0.2, 0) is 9.53 Å². The number of hydrogen-bond acceptors (Lipinski definition) is 3. The minimum absolute atomic E-state index is 0.0432. The minimum Gasteiger partial charge on any atom is -0.379 e. The number of amides is 1. The lowest BCUT2D eigenvalue weighted by Gasteiger charge is -2.31. The van der Waals surface area contributed by atoms with Crippen molar-refractivity contribution >= 4 is 12.0 Å². The molecule has 1 unspecified atom stereocenters. The molecule has 1 heterocycles. The van der Waals surface area contributed by atoms with E-state index >= 15 is 0 Å². The highest BCUT2D eigenvalue weighted by atomic mass is 16.5. The van der Waals surface area contributed by atoms with E-state index in [-0.39, 0.29) is 11.9 Å². The zero-order chi connectivity index (χ0) is 19.1. The van der Waals surface area contributed by atoms with Crippen molar-refractivity contribution in [2.75, 3.05) is 32.8 Å². The standard InChI is InChI=1S/C23H28N2O2/c1-18-6-9-21(10-7-18)22(17-25-12-14-27-15-13-25)24-23(26)11-8-20-5-3-4-19(2)16-20/h3-11,16,22H,12-15,17H2,1-2H3,(H,24,26)/b11-8+. The van der Waals surface area contributed by atoms with E-state index < -0.39 is 0 Å². The summed E-state index contributed by atoms with van der Waals surface area (Å²) in [5.41, 5.74) is 4.56. The van der Waals surface area contributed by atoms with Gasteiger partial charge in [0.2, 0.25) is 5.91 Å². The molecule has 1 saturated heterocycles. The van der Waals surface area contributed by atoms with Crippen molar-refractivity contribution in [2.24, 2.45) is 0 Å². The molecule has 0 aliphatic carbocycles. The Hall–Kier alpha value is -2.43. The third-order valence-electron chi connectivity index (χ3n) is 4.81. The number of ether oxygens (including phenoxy) is 1. The van der Waals surface area contributed by atoms with E-state index in [4.69, 9.17) is 4.74 Å². The largest absolute Gasteiger partial charge is 0.379 e. The predicted molar refractivity (Wildman–Crippen MR) is 110 cm³/mol. The highest BCUT2D eigenvalue weighted by molar-refractivity contribution is 5.92. The van der Waals surface area contributed by atoms with Crippen molar-refractivity contribution in [1.82, 2.24) is 10.2 Å². The van der Waals surface area contributed by atoms with Crippen molar-refractivity contribution in [1.29, 1.82) is 0 Å². The third kappa shape index (κ3) is 6.05. The van der Waals surface area contributed by atoms with Gasteiger partial charge in [-0.15, -0.1) is 0 Å².